The van der Waals surface area contributed by atoms with Crippen molar-refractivity contribution in [2.24, 2.45) is 0 Å². The second-order valence-electron chi connectivity index (χ2n) is 5.90. The summed E-state index contributed by atoms with van der Waals surface area (Å²) in [6.07, 6.45) is 3.64. The van der Waals surface area contributed by atoms with Crippen LogP contribution in [0.5, 0.6) is 0 Å². The van der Waals surface area contributed by atoms with E-state index in [1.54, 1.807) is 23.5 Å². The van der Waals surface area contributed by atoms with E-state index in [4.69, 9.17) is 5.21 Å². The number of nitrogens with zero attached hydrogens (tertiary/aromatic N) is 1. The Labute approximate surface area is 141 Å². The van der Waals surface area contributed by atoms with Crippen LogP contribution >= 0.6 is 0 Å². The average molecular weight is 333 g/mol. The number of hydroxylamine groups is 1. The van der Waals surface area contributed by atoms with E-state index in [9.17, 15) is 14.4 Å². The van der Waals surface area contributed by atoms with Gasteiger partial charge in [-0.15, -0.1) is 0 Å². The molecule has 0 saturated heterocycles. The number of carbonyl (C=O) groups is 3. The highest BCUT2D eigenvalue weighted by atomic mass is 16.5. The van der Waals surface area contributed by atoms with E-state index >= 15 is 0 Å². The van der Waals surface area contributed by atoms with Crippen molar-refractivity contribution < 1.29 is 19.6 Å². The quantitative estimate of drug-likeness (QED) is 0.399. The molecule has 0 aromatic heterocycles. The predicted molar refractivity (Wildman–Crippen MR) is 88.9 cm³/mol. The van der Waals surface area contributed by atoms with Crippen LogP contribution in [0.4, 0.5) is 5.69 Å². The first kappa shape index (κ1) is 17.9. The summed E-state index contributed by atoms with van der Waals surface area (Å²) in [7, 11) is 1.75. The first-order chi connectivity index (χ1) is 11.5. The van der Waals surface area contributed by atoms with Gasteiger partial charge in [-0.2, -0.15) is 0 Å². The number of rotatable bonds is 7. The molecule has 1 aliphatic rings. The molecule has 7 nitrogen and oxygen atoms in total. The van der Waals surface area contributed by atoms with E-state index in [1.807, 2.05) is 12.1 Å². The zero-order valence-corrected chi connectivity index (χ0v) is 13.8. The molecular weight excluding hydrogens is 310 g/mol. The van der Waals surface area contributed by atoms with Gasteiger partial charge in [0.25, 0.3) is 5.91 Å². The average Bonchev–Trinajstić information content (AvgIpc) is 2.60. The van der Waals surface area contributed by atoms with Crippen molar-refractivity contribution in [1.29, 1.82) is 0 Å². The monoisotopic (exact) mass is 333 g/mol. The largest absolute Gasteiger partial charge is 0.352 e. The molecule has 7 heteroatoms. The van der Waals surface area contributed by atoms with Crippen LogP contribution in [0.2, 0.25) is 0 Å². The number of carbonyl (C=O) groups excluding carboxylic acids is 3. The van der Waals surface area contributed by atoms with E-state index in [0.717, 1.165) is 24.1 Å². The van der Waals surface area contributed by atoms with Crippen LogP contribution in [0.25, 0.3) is 0 Å². The molecular formula is C17H23N3O4. The number of aryl methyl sites for hydroxylation is 1. The van der Waals surface area contributed by atoms with Crippen LogP contribution in [0.3, 0.4) is 0 Å². The molecule has 0 radical (unpaired) electrons. The smallest absolute Gasteiger partial charge is 0.251 e. The topological polar surface area (TPSA) is 98.7 Å². The van der Waals surface area contributed by atoms with Gasteiger partial charge in [-0.1, -0.05) is 6.42 Å². The number of anilines is 1. The van der Waals surface area contributed by atoms with E-state index in [2.05, 4.69) is 5.32 Å². The lowest BCUT2D eigenvalue weighted by atomic mass is 9.99. The Morgan fingerprint density at radius 3 is 2.75 bits per heavy atom. The molecule has 0 fully saturated rings. The Hall–Kier alpha value is -2.41. The zero-order chi connectivity index (χ0) is 17.5. The molecule has 1 aliphatic heterocycles. The fourth-order valence-corrected chi connectivity index (χ4v) is 2.75. The first-order valence-electron chi connectivity index (χ1n) is 8.13. The van der Waals surface area contributed by atoms with Gasteiger partial charge in [0, 0.05) is 37.7 Å². The minimum Gasteiger partial charge on any atom is -0.352 e. The van der Waals surface area contributed by atoms with Crippen molar-refractivity contribution in [3.8, 4) is 0 Å². The molecule has 1 heterocycles. The van der Waals surface area contributed by atoms with Gasteiger partial charge in [0.2, 0.25) is 11.8 Å². The number of benzene rings is 1. The molecule has 3 N–H and O–H groups in total. The predicted octanol–water partition coefficient (Wildman–Crippen LogP) is 1.39. The molecule has 130 valence electrons. The Balaban J connectivity index is 1.79. The molecule has 24 heavy (non-hydrogen) atoms. The summed E-state index contributed by atoms with van der Waals surface area (Å²) in [6, 6.07) is 5.39. The Bertz CT molecular complexity index is 630. The van der Waals surface area contributed by atoms with Gasteiger partial charge in [-0.05, 0) is 43.0 Å². The fraction of sp³-hybridized carbons (Fsp3) is 0.471. The second kappa shape index (κ2) is 8.44. The van der Waals surface area contributed by atoms with Crippen LogP contribution < -0.4 is 15.7 Å². The first-order valence-corrected chi connectivity index (χ1v) is 8.13. The maximum atomic E-state index is 12.2. The van der Waals surface area contributed by atoms with Crippen molar-refractivity contribution in [2.45, 2.75) is 38.5 Å². The molecule has 2 rings (SSSR count). The number of amides is 3. The number of nitrogens with one attached hydrogen (secondary N) is 2. The van der Waals surface area contributed by atoms with Gasteiger partial charge in [0.15, 0.2) is 0 Å². The molecule has 1 aromatic rings. The third-order valence-corrected chi connectivity index (χ3v) is 4.18. The lowest BCUT2D eigenvalue weighted by molar-refractivity contribution is -0.129. The van der Waals surface area contributed by atoms with E-state index < -0.39 is 5.91 Å². The van der Waals surface area contributed by atoms with Gasteiger partial charge in [-0.3, -0.25) is 19.6 Å². The Morgan fingerprint density at radius 1 is 1.21 bits per heavy atom. The number of unbranched alkanes of at least 4 members (excludes halogenated alkanes) is 2. The molecule has 0 atom stereocenters. The number of hydrogen-bond donors (Lipinski definition) is 3. The van der Waals surface area contributed by atoms with Gasteiger partial charge in [0.05, 0.1) is 0 Å². The highest BCUT2D eigenvalue weighted by molar-refractivity contribution is 5.98. The SMILES string of the molecule is CN1C(=O)CCc2cc(C(=O)NCCCCCC(=O)NO)ccc21. The van der Waals surface area contributed by atoms with Crippen LogP contribution in [-0.2, 0) is 16.0 Å². The standard InChI is InChI=1S/C17H23N3O4/c1-20-14-8-6-13(11-12(14)7-9-16(20)22)17(23)18-10-4-2-3-5-15(21)19-24/h6,8,11,24H,2-5,7,9-10H2,1H3,(H,18,23)(H,19,21). The zero-order valence-electron chi connectivity index (χ0n) is 13.8. The molecule has 0 unspecified atom stereocenters. The van der Waals surface area contributed by atoms with Crippen LogP contribution in [0.1, 0.15) is 48.0 Å². The van der Waals surface area contributed by atoms with Gasteiger partial charge >= 0.3 is 0 Å². The summed E-state index contributed by atoms with van der Waals surface area (Å²) in [4.78, 5) is 36.3. The third-order valence-electron chi connectivity index (χ3n) is 4.18. The van der Waals surface area contributed by atoms with Crippen LogP contribution in [0, 0.1) is 0 Å². The van der Waals surface area contributed by atoms with Crippen molar-refractivity contribution in [3.63, 3.8) is 0 Å². The van der Waals surface area contributed by atoms with E-state index in [0.29, 0.717) is 31.4 Å². The normalized spacial score (nSPS) is 13.4. The van der Waals surface area contributed by atoms with Crippen LogP contribution in [0.15, 0.2) is 18.2 Å². The van der Waals surface area contributed by atoms with Crippen molar-refractivity contribution in [2.75, 3.05) is 18.5 Å². The lowest BCUT2D eigenvalue weighted by Gasteiger charge is -2.26. The summed E-state index contributed by atoms with van der Waals surface area (Å²) in [5, 5.41) is 11.2. The van der Waals surface area contributed by atoms with Crippen molar-refractivity contribution >= 4 is 23.4 Å². The molecule has 0 aliphatic carbocycles. The minimum absolute atomic E-state index is 0.0922. The van der Waals surface area contributed by atoms with Gasteiger partial charge in [-0.25, -0.2) is 5.48 Å². The molecule has 3 amide bonds. The Kier molecular flexibility index (Phi) is 6.31. The van der Waals surface area contributed by atoms with Gasteiger partial charge in [0.1, 0.15) is 0 Å². The third kappa shape index (κ3) is 4.55. The van der Waals surface area contributed by atoms with Crippen molar-refractivity contribution in [3.05, 3.63) is 29.3 Å². The molecule has 0 bridgehead atoms. The fourth-order valence-electron chi connectivity index (χ4n) is 2.75. The molecule has 0 spiro atoms. The van der Waals surface area contributed by atoms with E-state index in [1.165, 1.54) is 0 Å². The maximum absolute atomic E-state index is 12.2. The second-order valence-corrected chi connectivity index (χ2v) is 5.90. The highest BCUT2D eigenvalue weighted by Crippen LogP contribution is 2.27. The molecule has 0 saturated carbocycles. The summed E-state index contributed by atoms with van der Waals surface area (Å²) in [5.41, 5.74) is 4.07. The van der Waals surface area contributed by atoms with Crippen molar-refractivity contribution in [1.82, 2.24) is 10.8 Å². The van der Waals surface area contributed by atoms with Gasteiger partial charge < -0.3 is 10.2 Å². The summed E-state index contributed by atoms with van der Waals surface area (Å²) < 4.78 is 0. The summed E-state index contributed by atoms with van der Waals surface area (Å²) in [6.45, 7) is 0.537. The maximum Gasteiger partial charge on any atom is 0.251 e. The summed E-state index contributed by atoms with van der Waals surface area (Å²) >= 11 is 0. The number of fused-ring (bicyclic) bond motifs is 1. The van der Waals surface area contributed by atoms with E-state index in [-0.39, 0.29) is 18.2 Å². The molecule has 1 aromatic carbocycles. The Morgan fingerprint density at radius 2 is 2.00 bits per heavy atom. The van der Waals surface area contributed by atoms with Crippen LogP contribution in [-0.4, -0.2) is 36.5 Å². The minimum atomic E-state index is -0.392. The summed E-state index contributed by atoms with van der Waals surface area (Å²) in [5.74, 6) is -0.434. The lowest BCUT2D eigenvalue weighted by Crippen LogP contribution is -2.31. The highest BCUT2D eigenvalue weighted by Gasteiger charge is 2.21. The number of hydrogen-bond acceptors (Lipinski definition) is 4.